The molecular formula is C9H17NO2. The Morgan fingerprint density at radius 2 is 1.83 bits per heavy atom. The van der Waals surface area contributed by atoms with E-state index in [0.717, 1.165) is 13.0 Å². The van der Waals surface area contributed by atoms with E-state index in [-0.39, 0.29) is 0 Å². The van der Waals surface area contributed by atoms with Crippen molar-refractivity contribution in [3.63, 3.8) is 0 Å². The molecule has 0 aromatic rings. The fraction of sp³-hybridized carbons (Fsp3) is 1.00. The summed E-state index contributed by atoms with van der Waals surface area (Å²) in [7, 11) is 0. The van der Waals surface area contributed by atoms with Crippen LogP contribution in [0.15, 0.2) is 0 Å². The van der Waals surface area contributed by atoms with E-state index in [2.05, 4.69) is 0 Å². The van der Waals surface area contributed by atoms with Crippen LogP contribution in [-0.2, 0) is 4.84 Å². The van der Waals surface area contributed by atoms with Gasteiger partial charge in [0, 0.05) is 19.0 Å². The molecule has 1 N–H and O–H groups in total. The van der Waals surface area contributed by atoms with Gasteiger partial charge < -0.3 is 5.11 Å². The normalized spacial score (nSPS) is 34.2. The van der Waals surface area contributed by atoms with Crippen molar-refractivity contribution in [1.29, 1.82) is 0 Å². The molecule has 0 aromatic carbocycles. The van der Waals surface area contributed by atoms with Gasteiger partial charge in [-0.25, -0.2) is 0 Å². The van der Waals surface area contributed by atoms with Gasteiger partial charge in [0.15, 0.2) is 6.29 Å². The van der Waals surface area contributed by atoms with E-state index in [4.69, 9.17) is 9.94 Å². The Morgan fingerprint density at radius 3 is 2.42 bits per heavy atom. The van der Waals surface area contributed by atoms with Crippen molar-refractivity contribution in [3.8, 4) is 0 Å². The molecule has 1 aliphatic carbocycles. The second kappa shape index (κ2) is 3.73. The van der Waals surface area contributed by atoms with E-state index in [1.54, 1.807) is 0 Å². The van der Waals surface area contributed by atoms with Crippen LogP contribution in [-0.4, -0.2) is 29.0 Å². The summed E-state index contributed by atoms with van der Waals surface area (Å²) in [5.41, 5.74) is 0. The van der Waals surface area contributed by atoms with Crippen LogP contribution in [0.4, 0.5) is 0 Å². The molecule has 2 rings (SSSR count). The number of nitrogens with zero attached hydrogens (tertiary/aromatic N) is 1. The van der Waals surface area contributed by atoms with Crippen LogP contribution in [0.1, 0.15) is 38.5 Å². The van der Waals surface area contributed by atoms with Crippen LogP contribution < -0.4 is 0 Å². The first-order valence-corrected chi connectivity index (χ1v) is 4.98. The van der Waals surface area contributed by atoms with Gasteiger partial charge in [0.05, 0.1) is 0 Å². The second-order valence-corrected chi connectivity index (χ2v) is 3.78. The van der Waals surface area contributed by atoms with E-state index in [0.29, 0.717) is 6.04 Å². The number of hydrogen-bond acceptors (Lipinski definition) is 3. The first-order valence-electron chi connectivity index (χ1n) is 4.98. The van der Waals surface area contributed by atoms with Gasteiger partial charge in [0.2, 0.25) is 0 Å². The molecule has 0 bridgehead atoms. The fourth-order valence-corrected chi connectivity index (χ4v) is 2.14. The number of hydrogen-bond donors (Lipinski definition) is 1. The highest BCUT2D eigenvalue weighted by molar-refractivity contribution is 4.73. The molecule has 0 spiro atoms. The number of rotatable bonds is 1. The molecule has 70 valence electrons. The Balaban J connectivity index is 1.83. The Morgan fingerprint density at radius 1 is 1.08 bits per heavy atom. The minimum absolute atomic E-state index is 0.535. The zero-order valence-electron chi connectivity index (χ0n) is 7.41. The molecule has 0 amide bonds. The average molecular weight is 171 g/mol. The minimum atomic E-state index is -0.535. The van der Waals surface area contributed by atoms with Gasteiger partial charge in [-0.1, -0.05) is 19.3 Å². The van der Waals surface area contributed by atoms with Crippen LogP contribution in [0.2, 0.25) is 0 Å². The molecule has 3 nitrogen and oxygen atoms in total. The molecule has 1 unspecified atom stereocenters. The smallest absolute Gasteiger partial charge is 0.176 e. The summed E-state index contributed by atoms with van der Waals surface area (Å²) in [6.07, 6.45) is 6.73. The van der Waals surface area contributed by atoms with Gasteiger partial charge in [-0.05, 0) is 12.8 Å². The zero-order valence-corrected chi connectivity index (χ0v) is 7.41. The van der Waals surface area contributed by atoms with Crippen molar-refractivity contribution < 1.29 is 9.94 Å². The van der Waals surface area contributed by atoms with Crippen molar-refractivity contribution in [2.75, 3.05) is 6.54 Å². The number of aliphatic hydroxyl groups excluding tert-OH is 1. The third kappa shape index (κ3) is 1.79. The molecule has 1 saturated heterocycles. The van der Waals surface area contributed by atoms with E-state index < -0.39 is 6.29 Å². The summed E-state index contributed by atoms with van der Waals surface area (Å²) in [5, 5.41) is 11.2. The van der Waals surface area contributed by atoms with Crippen molar-refractivity contribution in [2.24, 2.45) is 0 Å². The standard InChI is InChI=1S/C9H17NO2/c11-9-6-7-10(12-9)8-4-2-1-3-5-8/h8-9,11H,1-7H2. The highest BCUT2D eigenvalue weighted by Gasteiger charge is 2.28. The fourth-order valence-electron chi connectivity index (χ4n) is 2.14. The Hall–Kier alpha value is -0.120. The summed E-state index contributed by atoms with van der Waals surface area (Å²) in [6, 6.07) is 0.580. The lowest BCUT2D eigenvalue weighted by Crippen LogP contribution is -2.33. The second-order valence-electron chi connectivity index (χ2n) is 3.78. The topological polar surface area (TPSA) is 32.7 Å². The van der Waals surface area contributed by atoms with E-state index in [9.17, 15) is 0 Å². The molecule has 12 heavy (non-hydrogen) atoms. The maximum Gasteiger partial charge on any atom is 0.176 e. The van der Waals surface area contributed by atoms with Gasteiger partial charge in [-0.3, -0.25) is 4.84 Å². The molecule has 1 heterocycles. The van der Waals surface area contributed by atoms with Crippen LogP contribution in [0, 0.1) is 0 Å². The zero-order chi connectivity index (χ0) is 8.39. The largest absolute Gasteiger partial charge is 0.366 e. The molecule has 0 radical (unpaired) electrons. The van der Waals surface area contributed by atoms with Crippen molar-refractivity contribution in [3.05, 3.63) is 0 Å². The molecule has 1 saturated carbocycles. The lowest BCUT2D eigenvalue weighted by Gasteiger charge is -2.29. The number of hydroxylamine groups is 2. The third-order valence-corrected chi connectivity index (χ3v) is 2.84. The average Bonchev–Trinajstić information content (AvgIpc) is 2.54. The quantitative estimate of drug-likeness (QED) is 0.645. The summed E-state index contributed by atoms with van der Waals surface area (Å²) >= 11 is 0. The predicted octanol–water partition coefficient (Wildman–Crippen LogP) is 1.27. The summed E-state index contributed by atoms with van der Waals surface area (Å²) < 4.78 is 0. The first-order chi connectivity index (χ1) is 5.86. The van der Waals surface area contributed by atoms with E-state index in [1.165, 1.54) is 32.1 Å². The van der Waals surface area contributed by atoms with Gasteiger partial charge in [0.25, 0.3) is 0 Å². The lowest BCUT2D eigenvalue weighted by molar-refractivity contribution is -0.234. The van der Waals surface area contributed by atoms with Gasteiger partial charge in [-0.15, -0.1) is 0 Å². The molecule has 0 aromatic heterocycles. The molecule has 3 heteroatoms. The molecule has 1 aliphatic heterocycles. The lowest BCUT2D eigenvalue weighted by atomic mass is 9.95. The summed E-state index contributed by atoms with van der Waals surface area (Å²) in [4.78, 5) is 5.29. The molecular weight excluding hydrogens is 154 g/mol. The number of aliphatic hydroxyl groups is 1. The van der Waals surface area contributed by atoms with Crippen LogP contribution in [0.5, 0.6) is 0 Å². The van der Waals surface area contributed by atoms with Crippen LogP contribution in [0.25, 0.3) is 0 Å². The van der Waals surface area contributed by atoms with Crippen molar-refractivity contribution >= 4 is 0 Å². The highest BCUT2D eigenvalue weighted by Crippen LogP contribution is 2.26. The van der Waals surface area contributed by atoms with Crippen molar-refractivity contribution in [2.45, 2.75) is 50.9 Å². The maximum absolute atomic E-state index is 9.17. The maximum atomic E-state index is 9.17. The van der Waals surface area contributed by atoms with E-state index in [1.807, 2.05) is 5.06 Å². The van der Waals surface area contributed by atoms with Gasteiger partial charge in [0.1, 0.15) is 0 Å². The molecule has 1 atom stereocenters. The summed E-state index contributed by atoms with van der Waals surface area (Å²) in [6.45, 7) is 0.909. The SMILES string of the molecule is OC1CCN(C2CCCCC2)O1. The predicted molar refractivity (Wildman–Crippen MR) is 45.3 cm³/mol. The van der Waals surface area contributed by atoms with Gasteiger partial charge >= 0.3 is 0 Å². The molecule has 2 aliphatic rings. The van der Waals surface area contributed by atoms with Crippen LogP contribution in [0.3, 0.4) is 0 Å². The van der Waals surface area contributed by atoms with Gasteiger partial charge in [-0.2, -0.15) is 5.06 Å². The minimum Gasteiger partial charge on any atom is -0.366 e. The van der Waals surface area contributed by atoms with E-state index >= 15 is 0 Å². The Kier molecular flexibility index (Phi) is 2.63. The third-order valence-electron chi connectivity index (χ3n) is 2.84. The molecule has 2 fully saturated rings. The first kappa shape index (κ1) is 8.48. The van der Waals surface area contributed by atoms with Crippen LogP contribution >= 0.6 is 0 Å². The highest BCUT2D eigenvalue weighted by atomic mass is 16.8. The monoisotopic (exact) mass is 171 g/mol. The van der Waals surface area contributed by atoms with Crippen molar-refractivity contribution in [1.82, 2.24) is 5.06 Å². The Labute approximate surface area is 73.3 Å². The Bertz CT molecular complexity index is 143. The summed E-state index contributed by atoms with van der Waals surface area (Å²) in [5.74, 6) is 0.